The predicted molar refractivity (Wildman–Crippen MR) is 230 cm³/mol. The van der Waals surface area contributed by atoms with Gasteiger partial charge >= 0.3 is 0 Å². The molecule has 0 heterocycles. The number of carbonyl (C=O) groups excluding carboxylic acids is 1. The zero-order valence-corrected chi connectivity index (χ0v) is 35.6. The first-order valence-corrected chi connectivity index (χ1v) is 23.9. The van der Waals surface area contributed by atoms with Crippen molar-refractivity contribution in [1.29, 1.82) is 0 Å². The minimum absolute atomic E-state index is 0.0604. The molecule has 0 aromatic carbocycles. The van der Waals surface area contributed by atoms with E-state index in [4.69, 9.17) is 0 Å². The Morgan fingerprint density at radius 3 is 1.00 bits per heavy atom. The van der Waals surface area contributed by atoms with E-state index in [-0.39, 0.29) is 12.5 Å². The predicted octanol–water partition coefficient (Wildman–Crippen LogP) is 15.0. The van der Waals surface area contributed by atoms with Gasteiger partial charge in [0.15, 0.2) is 0 Å². The van der Waals surface area contributed by atoms with E-state index in [2.05, 4.69) is 19.2 Å². The molecule has 0 aromatic rings. The van der Waals surface area contributed by atoms with E-state index >= 15 is 0 Å². The van der Waals surface area contributed by atoms with Crippen LogP contribution in [0.5, 0.6) is 0 Å². The largest absolute Gasteiger partial charge is 0.394 e. The molecule has 0 aromatic heterocycles. The first-order chi connectivity index (χ1) is 25.7. The van der Waals surface area contributed by atoms with Crippen LogP contribution in [0.3, 0.4) is 0 Å². The summed E-state index contributed by atoms with van der Waals surface area (Å²) < 4.78 is 0. The lowest BCUT2D eigenvalue weighted by Crippen LogP contribution is -2.45. The third kappa shape index (κ3) is 40.3. The number of allylic oxidation sites excluding steroid dienone is 1. The van der Waals surface area contributed by atoms with Gasteiger partial charge < -0.3 is 15.5 Å². The van der Waals surface area contributed by atoms with Gasteiger partial charge in [-0.2, -0.15) is 0 Å². The maximum atomic E-state index is 12.4. The van der Waals surface area contributed by atoms with Gasteiger partial charge in [-0.25, -0.2) is 0 Å². The zero-order valence-electron chi connectivity index (χ0n) is 35.6. The van der Waals surface area contributed by atoms with Gasteiger partial charge in [-0.15, -0.1) is 0 Å². The SMILES string of the molecule is CCCCCCCCCC/C=C/[C@@H](O)[C@H](CO)NC(=O)CCCCCCCCCCCCCCCCCCCCCCCCCCCCCCCC. The molecule has 310 valence electrons. The van der Waals surface area contributed by atoms with E-state index in [1.165, 1.54) is 225 Å². The number of aliphatic hydroxyl groups is 2. The normalized spacial score (nSPS) is 12.9. The number of carbonyl (C=O) groups is 1. The molecular weight excluding hydrogens is 639 g/mol. The van der Waals surface area contributed by atoms with Crippen molar-refractivity contribution in [3.8, 4) is 0 Å². The Kier molecular flexibility index (Phi) is 43.8. The summed E-state index contributed by atoms with van der Waals surface area (Å²) in [6.45, 7) is 4.31. The average Bonchev–Trinajstić information content (AvgIpc) is 3.15. The van der Waals surface area contributed by atoms with Crippen molar-refractivity contribution in [1.82, 2.24) is 5.32 Å². The van der Waals surface area contributed by atoms with Gasteiger partial charge in [-0.3, -0.25) is 4.79 Å². The Hall–Kier alpha value is -0.870. The number of hydrogen-bond donors (Lipinski definition) is 3. The second-order valence-corrected chi connectivity index (χ2v) is 16.5. The molecule has 0 saturated carbocycles. The van der Waals surface area contributed by atoms with E-state index in [0.717, 1.165) is 25.7 Å². The number of hydrogen-bond acceptors (Lipinski definition) is 3. The smallest absolute Gasteiger partial charge is 0.220 e. The van der Waals surface area contributed by atoms with Crippen LogP contribution in [0, 0.1) is 0 Å². The first-order valence-electron chi connectivity index (χ1n) is 23.9. The molecule has 0 fully saturated rings. The molecule has 3 N–H and O–H groups in total. The summed E-state index contributed by atoms with van der Waals surface area (Å²) in [7, 11) is 0. The van der Waals surface area contributed by atoms with Gasteiger partial charge in [0.25, 0.3) is 0 Å². The van der Waals surface area contributed by atoms with E-state index in [1.807, 2.05) is 6.08 Å². The van der Waals surface area contributed by atoms with Gasteiger partial charge in [-0.05, 0) is 19.3 Å². The van der Waals surface area contributed by atoms with Crippen LogP contribution in [0.15, 0.2) is 12.2 Å². The molecule has 0 aliphatic rings. The fourth-order valence-corrected chi connectivity index (χ4v) is 7.59. The van der Waals surface area contributed by atoms with Crippen molar-refractivity contribution in [2.75, 3.05) is 6.61 Å². The number of amides is 1. The summed E-state index contributed by atoms with van der Waals surface area (Å²) in [5.74, 6) is -0.0604. The Morgan fingerprint density at radius 2 is 0.712 bits per heavy atom. The molecule has 0 unspecified atom stereocenters. The molecule has 4 nitrogen and oxygen atoms in total. The molecule has 0 saturated heterocycles. The van der Waals surface area contributed by atoms with Gasteiger partial charge in [-0.1, -0.05) is 257 Å². The van der Waals surface area contributed by atoms with Crippen LogP contribution in [-0.2, 0) is 4.79 Å². The van der Waals surface area contributed by atoms with Crippen molar-refractivity contribution >= 4 is 5.91 Å². The Bertz CT molecular complexity index is 710. The van der Waals surface area contributed by atoms with Crippen molar-refractivity contribution < 1.29 is 15.0 Å². The van der Waals surface area contributed by atoms with Gasteiger partial charge in [0.05, 0.1) is 18.8 Å². The van der Waals surface area contributed by atoms with Crippen LogP contribution in [0.2, 0.25) is 0 Å². The average molecular weight is 734 g/mol. The zero-order chi connectivity index (χ0) is 37.8. The highest BCUT2D eigenvalue weighted by atomic mass is 16.3. The van der Waals surface area contributed by atoms with Crippen molar-refractivity contribution in [3.05, 3.63) is 12.2 Å². The van der Waals surface area contributed by atoms with Gasteiger partial charge in [0.2, 0.25) is 5.91 Å². The van der Waals surface area contributed by atoms with Crippen LogP contribution >= 0.6 is 0 Å². The Labute approximate surface area is 327 Å². The summed E-state index contributed by atoms with van der Waals surface area (Å²) in [5, 5.41) is 22.9. The number of rotatable bonds is 44. The molecule has 52 heavy (non-hydrogen) atoms. The third-order valence-corrected chi connectivity index (χ3v) is 11.3. The van der Waals surface area contributed by atoms with Crippen molar-refractivity contribution in [2.45, 2.75) is 283 Å². The van der Waals surface area contributed by atoms with Crippen LogP contribution in [-0.4, -0.2) is 34.9 Å². The van der Waals surface area contributed by atoms with Crippen molar-refractivity contribution in [3.63, 3.8) is 0 Å². The number of unbranched alkanes of at least 4 members (excludes halogenated alkanes) is 37. The summed E-state index contributed by atoms with van der Waals surface area (Å²) in [6.07, 6.45) is 56.4. The molecule has 2 atom stereocenters. The van der Waals surface area contributed by atoms with Gasteiger partial charge in [0.1, 0.15) is 0 Å². The molecular formula is C48H95NO3. The van der Waals surface area contributed by atoms with Crippen molar-refractivity contribution in [2.24, 2.45) is 0 Å². The molecule has 0 spiro atoms. The number of nitrogens with one attached hydrogen (secondary N) is 1. The molecule has 0 radical (unpaired) electrons. The minimum atomic E-state index is -0.832. The summed E-state index contributed by atoms with van der Waals surface area (Å²) in [5.41, 5.74) is 0. The molecule has 0 aliphatic carbocycles. The molecule has 1 amide bonds. The molecule has 4 heteroatoms. The lowest BCUT2D eigenvalue weighted by molar-refractivity contribution is -0.123. The highest BCUT2D eigenvalue weighted by molar-refractivity contribution is 5.76. The third-order valence-electron chi connectivity index (χ3n) is 11.3. The van der Waals surface area contributed by atoms with E-state index in [1.54, 1.807) is 6.08 Å². The monoisotopic (exact) mass is 734 g/mol. The topological polar surface area (TPSA) is 69.6 Å². The standard InChI is InChI=1S/C48H95NO3/c1-3-5-7-9-11-13-15-16-17-18-19-20-21-22-23-24-25-26-27-28-29-30-31-32-33-34-36-38-40-42-44-48(52)49-46(45-50)47(51)43-41-39-37-35-14-12-10-8-6-4-2/h41,43,46-47,50-51H,3-40,42,44-45H2,1-2H3,(H,49,52)/b43-41+/t46-,47+/m0/s1. The van der Waals surface area contributed by atoms with E-state index < -0.39 is 12.1 Å². The van der Waals surface area contributed by atoms with Gasteiger partial charge in [0, 0.05) is 6.42 Å². The summed E-state index contributed by atoms with van der Waals surface area (Å²) in [4.78, 5) is 12.4. The summed E-state index contributed by atoms with van der Waals surface area (Å²) in [6, 6.07) is -0.615. The second-order valence-electron chi connectivity index (χ2n) is 16.5. The minimum Gasteiger partial charge on any atom is -0.394 e. The van der Waals surface area contributed by atoms with Crippen LogP contribution < -0.4 is 5.32 Å². The van der Waals surface area contributed by atoms with Crippen LogP contribution in [0.25, 0.3) is 0 Å². The maximum absolute atomic E-state index is 12.4. The Morgan fingerprint density at radius 1 is 0.442 bits per heavy atom. The fourth-order valence-electron chi connectivity index (χ4n) is 7.59. The van der Waals surface area contributed by atoms with Crippen LogP contribution in [0.4, 0.5) is 0 Å². The fraction of sp³-hybridized carbons (Fsp3) is 0.938. The summed E-state index contributed by atoms with van der Waals surface area (Å²) >= 11 is 0. The number of aliphatic hydroxyl groups excluding tert-OH is 2. The Balaban J connectivity index is 3.38. The lowest BCUT2D eigenvalue weighted by atomic mass is 10.0. The lowest BCUT2D eigenvalue weighted by Gasteiger charge is -2.20. The van der Waals surface area contributed by atoms with E-state index in [9.17, 15) is 15.0 Å². The highest BCUT2D eigenvalue weighted by Crippen LogP contribution is 2.17. The van der Waals surface area contributed by atoms with E-state index in [0.29, 0.717) is 6.42 Å². The first kappa shape index (κ1) is 51.1. The maximum Gasteiger partial charge on any atom is 0.220 e. The molecule has 0 rings (SSSR count). The molecule has 0 bridgehead atoms. The second kappa shape index (κ2) is 44.5. The van der Waals surface area contributed by atoms with Crippen LogP contribution in [0.1, 0.15) is 271 Å². The highest BCUT2D eigenvalue weighted by Gasteiger charge is 2.18. The quantitative estimate of drug-likeness (QED) is 0.0431. The molecule has 0 aliphatic heterocycles.